The van der Waals surface area contributed by atoms with Gasteiger partial charge in [0.2, 0.25) is 5.88 Å². The highest BCUT2D eigenvalue weighted by Gasteiger charge is 2.30. The van der Waals surface area contributed by atoms with Gasteiger partial charge in [-0.1, -0.05) is 48.9 Å². The fraction of sp³-hybridized carbons (Fsp3) is 0.333. The minimum Gasteiger partial charge on any atom is -0.393 e. The predicted molar refractivity (Wildman–Crippen MR) is 115 cm³/mol. The number of amides is 1. The van der Waals surface area contributed by atoms with Crippen molar-refractivity contribution in [3.63, 3.8) is 0 Å². The zero-order chi connectivity index (χ0) is 22.6. The Balaban J connectivity index is 1.81. The van der Waals surface area contributed by atoms with E-state index in [1.165, 1.54) is 12.3 Å². The number of benzene rings is 1. The molecule has 3 rings (SSSR count). The van der Waals surface area contributed by atoms with Crippen LogP contribution in [0.5, 0.6) is 5.88 Å². The third-order valence-corrected chi connectivity index (χ3v) is 5.45. The molecule has 0 unspecified atom stereocenters. The number of carbonyl (C=O) groups excluding carboxylic acids is 1. The first kappa shape index (κ1) is 23.1. The molecule has 0 aliphatic carbocycles. The topological polar surface area (TPSA) is 56.1 Å². The molecule has 31 heavy (non-hydrogen) atoms. The molecule has 0 radical (unpaired) electrons. The molecule has 0 fully saturated rings. The van der Waals surface area contributed by atoms with Crippen molar-refractivity contribution in [3.8, 4) is 5.88 Å². The van der Waals surface area contributed by atoms with Gasteiger partial charge in [0.25, 0.3) is 0 Å². The Hall–Kier alpha value is -2.52. The zero-order valence-electron chi connectivity index (χ0n) is 16.9. The minimum absolute atomic E-state index is 0.122. The molecule has 2 heterocycles. The molecular formula is C21H21ClF3N3O2S. The van der Waals surface area contributed by atoms with E-state index in [0.29, 0.717) is 15.8 Å². The van der Waals surface area contributed by atoms with Crippen molar-refractivity contribution in [2.75, 3.05) is 5.32 Å². The molecule has 0 saturated heterocycles. The van der Waals surface area contributed by atoms with Crippen molar-refractivity contribution in [3.05, 3.63) is 63.8 Å². The fourth-order valence-corrected chi connectivity index (χ4v) is 3.71. The Morgan fingerprint density at radius 3 is 2.71 bits per heavy atom. The summed E-state index contributed by atoms with van der Waals surface area (Å²) < 4.78 is 46.6. The van der Waals surface area contributed by atoms with Gasteiger partial charge in [-0.05, 0) is 42.0 Å². The third kappa shape index (κ3) is 6.73. The van der Waals surface area contributed by atoms with E-state index in [2.05, 4.69) is 24.1 Å². The van der Waals surface area contributed by atoms with Crippen molar-refractivity contribution in [2.24, 2.45) is 5.92 Å². The van der Waals surface area contributed by atoms with Crippen LogP contribution in [0.4, 0.5) is 23.1 Å². The van der Waals surface area contributed by atoms with E-state index in [1.54, 1.807) is 22.9 Å². The van der Waals surface area contributed by atoms with Crippen LogP contribution in [-0.2, 0) is 19.1 Å². The lowest BCUT2D eigenvalue weighted by molar-refractivity contribution is -0.137. The summed E-state index contributed by atoms with van der Waals surface area (Å²) in [5.41, 5.74) is 0.650. The number of hydrogen-bond acceptors (Lipinski definition) is 4. The number of anilines is 1. The summed E-state index contributed by atoms with van der Waals surface area (Å²) in [6.45, 7) is 4.32. The maximum absolute atomic E-state index is 13.0. The number of alkyl halides is 3. The van der Waals surface area contributed by atoms with Gasteiger partial charge in [0.1, 0.15) is 4.34 Å². The molecule has 0 saturated carbocycles. The highest BCUT2D eigenvalue weighted by atomic mass is 35.5. The van der Waals surface area contributed by atoms with E-state index in [0.717, 1.165) is 41.9 Å². The molecule has 3 aromatic rings. The van der Waals surface area contributed by atoms with Crippen molar-refractivity contribution >= 4 is 34.2 Å². The van der Waals surface area contributed by atoms with Crippen molar-refractivity contribution in [1.29, 1.82) is 0 Å². The van der Waals surface area contributed by atoms with Crippen LogP contribution < -0.4 is 10.1 Å². The molecule has 166 valence electrons. The molecule has 0 aliphatic rings. The van der Waals surface area contributed by atoms with Gasteiger partial charge in [-0.3, -0.25) is 5.32 Å². The highest BCUT2D eigenvalue weighted by Crippen LogP contribution is 2.30. The molecule has 2 aromatic heterocycles. The van der Waals surface area contributed by atoms with Gasteiger partial charge in [0.05, 0.1) is 18.3 Å². The summed E-state index contributed by atoms with van der Waals surface area (Å²) in [5, 5.41) is 2.77. The first-order chi connectivity index (χ1) is 14.6. The normalized spacial score (nSPS) is 11.7. The van der Waals surface area contributed by atoms with Crippen LogP contribution in [0.25, 0.3) is 0 Å². The SMILES string of the molecule is CC(C)CCc1cc(OC(=O)Nc2ncc(Cl)s2)n(Cc2cccc(C(F)(F)F)c2)c1. The van der Waals surface area contributed by atoms with Gasteiger partial charge >= 0.3 is 12.3 Å². The average Bonchev–Trinajstić information content (AvgIpc) is 3.25. The van der Waals surface area contributed by atoms with E-state index >= 15 is 0 Å². The standard InChI is InChI=1S/C21H21ClF3N3O2S/c1-13(2)6-7-15-9-18(30-20(29)27-19-26-10-17(22)31-19)28(12-15)11-14-4-3-5-16(8-14)21(23,24)25/h3-5,8-10,12-13H,6-7,11H2,1-2H3,(H,26,27,29). The molecular weight excluding hydrogens is 451 g/mol. The Bertz CT molecular complexity index is 1050. The van der Waals surface area contributed by atoms with Crippen LogP contribution in [0.15, 0.2) is 42.7 Å². The second-order valence-corrected chi connectivity index (χ2v) is 9.09. The number of aryl methyl sites for hydroxylation is 1. The molecule has 0 atom stereocenters. The number of ether oxygens (including phenoxy) is 1. The first-order valence-electron chi connectivity index (χ1n) is 9.55. The van der Waals surface area contributed by atoms with Crippen molar-refractivity contribution in [2.45, 2.75) is 39.4 Å². The zero-order valence-corrected chi connectivity index (χ0v) is 18.4. The van der Waals surface area contributed by atoms with Gasteiger partial charge < -0.3 is 9.30 Å². The third-order valence-electron chi connectivity index (χ3n) is 4.41. The lowest BCUT2D eigenvalue weighted by atomic mass is 10.1. The highest BCUT2D eigenvalue weighted by molar-refractivity contribution is 7.19. The lowest BCUT2D eigenvalue weighted by Gasteiger charge is -2.12. The second-order valence-electron chi connectivity index (χ2n) is 7.43. The van der Waals surface area contributed by atoms with Gasteiger partial charge in [-0.25, -0.2) is 9.78 Å². The Morgan fingerprint density at radius 2 is 2.06 bits per heavy atom. The molecule has 1 aromatic carbocycles. The number of nitrogens with one attached hydrogen (secondary N) is 1. The van der Waals surface area contributed by atoms with Crippen LogP contribution in [-0.4, -0.2) is 15.6 Å². The first-order valence-corrected chi connectivity index (χ1v) is 10.7. The number of thiazole rings is 1. The van der Waals surface area contributed by atoms with E-state index < -0.39 is 17.8 Å². The van der Waals surface area contributed by atoms with Crippen LogP contribution in [0.3, 0.4) is 0 Å². The Morgan fingerprint density at radius 1 is 1.29 bits per heavy atom. The fourth-order valence-electron chi connectivity index (χ4n) is 2.91. The summed E-state index contributed by atoms with van der Waals surface area (Å²) in [6.07, 6.45) is -0.300. The quantitative estimate of drug-likeness (QED) is 0.409. The lowest BCUT2D eigenvalue weighted by Crippen LogP contribution is -2.18. The summed E-state index contributed by atoms with van der Waals surface area (Å²) >= 11 is 6.89. The van der Waals surface area contributed by atoms with Gasteiger partial charge in [0, 0.05) is 12.3 Å². The largest absolute Gasteiger partial charge is 0.420 e. The van der Waals surface area contributed by atoms with E-state index in [-0.39, 0.29) is 17.6 Å². The van der Waals surface area contributed by atoms with Crippen molar-refractivity contribution in [1.82, 2.24) is 9.55 Å². The Kier molecular flexibility index (Phi) is 7.27. The van der Waals surface area contributed by atoms with Crippen molar-refractivity contribution < 1.29 is 22.7 Å². The van der Waals surface area contributed by atoms with Crippen LogP contribution >= 0.6 is 22.9 Å². The molecule has 1 amide bonds. The predicted octanol–water partition coefficient (Wildman–Crippen LogP) is 6.86. The van der Waals surface area contributed by atoms with Gasteiger partial charge in [-0.15, -0.1) is 0 Å². The summed E-state index contributed by atoms with van der Waals surface area (Å²) in [5.74, 6) is 0.713. The number of nitrogens with zero attached hydrogens (tertiary/aromatic N) is 2. The maximum atomic E-state index is 13.0. The number of rotatable bonds is 7. The van der Waals surface area contributed by atoms with E-state index in [9.17, 15) is 18.0 Å². The number of carbonyl (C=O) groups is 1. The Labute approximate surface area is 186 Å². The minimum atomic E-state index is -4.43. The van der Waals surface area contributed by atoms with Crippen LogP contribution in [0.1, 0.15) is 37.0 Å². The van der Waals surface area contributed by atoms with Crippen LogP contribution in [0, 0.1) is 5.92 Å². The number of aromatic nitrogens is 2. The molecule has 0 bridgehead atoms. The smallest absolute Gasteiger partial charge is 0.393 e. The second kappa shape index (κ2) is 9.74. The van der Waals surface area contributed by atoms with E-state index in [1.807, 2.05) is 0 Å². The summed E-state index contributed by atoms with van der Waals surface area (Å²) in [7, 11) is 0. The molecule has 1 N–H and O–H groups in total. The van der Waals surface area contributed by atoms with E-state index in [4.69, 9.17) is 16.3 Å². The average molecular weight is 472 g/mol. The van der Waals surface area contributed by atoms with Crippen LogP contribution in [0.2, 0.25) is 4.34 Å². The summed E-state index contributed by atoms with van der Waals surface area (Å²) in [6, 6.07) is 6.81. The monoisotopic (exact) mass is 471 g/mol. The molecule has 0 aliphatic heterocycles. The maximum Gasteiger partial charge on any atom is 0.420 e. The molecule has 5 nitrogen and oxygen atoms in total. The molecule has 0 spiro atoms. The molecule has 10 heteroatoms. The van der Waals surface area contributed by atoms with Gasteiger partial charge in [-0.2, -0.15) is 13.2 Å². The summed E-state index contributed by atoms with van der Waals surface area (Å²) in [4.78, 5) is 16.2. The van der Waals surface area contributed by atoms with Gasteiger partial charge in [0.15, 0.2) is 5.13 Å². The number of hydrogen-bond donors (Lipinski definition) is 1. The number of halogens is 4.